The molecule has 1 fully saturated rings. The lowest BCUT2D eigenvalue weighted by Gasteiger charge is -2.24. The van der Waals surface area contributed by atoms with Gasteiger partial charge in [0.15, 0.2) is 0 Å². The fourth-order valence-corrected chi connectivity index (χ4v) is 2.16. The van der Waals surface area contributed by atoms with Gasteiger partial charge in [0.2, 0.25) is 0 Å². The summed E-state index contributed by atoms with van der Waals surface area (Å²) < 4.78 is 5.00. The van der Waals surface area contributed by atoms with E-state index in [-0.39, 0.29) is 5.56 Å². The lowest BCUT2D eigenvalue weighted by atomic mass is 9.83. The van der Waals surface area contributed by atoms with Crippen LogP contribution in [0.2, 0.25) is 0 Å². The number of aryl methyl sites for hydroxylation is 1. The molecule has 1 N–H and O–H groups in total. The molecule has 0 atom stereocenters. The topological polar surface area (TPSA) is 55.0 Å². The first-order chi connectivity index (χ1) is 8.28. The Morgan fingerprint density at radius 2 is 2.35 bits per heavy atom. The number of hydrogen-bond donors (Lipinski definition) is 1. The predicted octanol–water partition coefficient (Wildman–Crippen LogP) is 1.69. The molecule has 0 bridgehead atoms. The van der Waals surface area contributed by atoms with Crippen LogP contribution in [0.25, 0.3) is 0 Å². The predicted molar refractivity (Wildman–Crippen MR) is 66.1 cm³/mol. The molecule has 0 aromatic carbocycles. The van der Waals surface area contributed by atoms with E-state index in [0.717, 1.165) is 36.7 Å². The zero-order chi connectivity index (χ0) is 12.1. The third-order valence-corrected chi connectivity index (χ3v) is 3.33. The zero-order valence-corrected chi connectivity index (χ0v) is 10.4. The van der Waals surface area contributed by atoms with E-state index in [9.17, 15) is 4.79 Å². The summed E-state index contributed by atoms with van der Waals surface area (Å²) in [5.41, 5.74) is 0.863. The van der Waals surface area contributed by atoms with Crippen molar-refractivity contribution in [1.29, 1.82) is 0 Å². The number of aromatic amines is 1. The van der Waals surface area contributed by atoms with Crippen molar-refractivity contribution >= 4 is 0 Å². The molecule has 4 heteroatoms. The number of methoxy groups -OCH3 is 1. The van der Waals surface area contributed by atoms with E-state index in [1.54, 1.807) is 13.2 Å². The maximum absolute atomic E-state index is 11.5. The molecule has 1 aliphatic rings. The van der Waals surface area contributed by atoms with Crippen LogP contribution in [0, 0.1) is 5.92 Å². The molecule has 1 saturated carbocycles. The highest BCUT2D eigenvalue weighted by Crippen LogP contribution is 2.28. The fourth-order valence-electron chi connectivity index (χ4n) is 2.16. The van der Waals surface area contributed by atoms with Crippen LogP contribution in [-0.4, -0.2) is 23.7 Å². The highest BCUT2D eigenvalue weighted by Gasteiger charge is 2.18. The largest absolute Gasteiger partial charge is 0.385 e. The number of nitrogens with zero attached hydrogens (tertiary/aromatic N) is 1. The normalized spacial score (nSPS) is 15.8. The summed E-state index contributed by atoms with van der Waals surface area (Å²) in [5.74, 6) is 1.59. The molecule has 0 saturated heterocycles. The number of hydrogen-bond acceptors (Lipinski definition) is 3. The van der Waals surface area contributed by atoms with Crippen LogP contribution >= 0.6 is 0 Å². The zero-order valence-electron chi connectivity index (χ0n) is 10.4. The van der Waals surface area contributed by atoms with Crippen LogP contribution < -0.4 is 5.56 Å². The molecule has 0 spiro atoms. The second-order valence-electron chi connectivity index (χ2n) is 4.78. The maximum atomic E-state index is 11.5. The lowest BCUT2D eigenvalue weighted by Crippen LogP contribution is -2.19. The van der Waals surface area contributed by atoms with Gasteiger partial charge in [0, 0.05) is 31.9 Å². The Kier molecular flexibility index (Phi) is 4.31. The molecule has 1 heterocycles. The monoisotopic (exact) mass is 236 g/mol. The number of ether oxygens (including phenoxy) is 1. The van der Waals surface area contributed by atoms with Crippen LogP contribution in [0.15, 0.2) is 10.9 Å². The SMILES string of the molecule is COCCCc1cc(=O)[nH]c(CC2CCC2)n1. The Hall–Kier alpha value is -1.16. The number of aromatic nitrogens is 2. The molecule has 0 aliphatic heterocycles. The summed E-state index contributed by atoms with van der Waals surface area (Å²) in [4.78, 5) is 18.9. The summed E-state index contributed by atoms with van der Waals surface area (Å²) in [6.45, 7) is 0.715. The van der Waals surface area contributed by atoms with Gasteiger partial charge in [0.1, 0.15) is 5.82 Å². The van der Waals surface area contributed by atoms with Crippen LogP contribution in [0.3, 0.4) is 0 Å². The maximum Gasteiger partial charge on any atom is 0.251 e. The van der Waals surface area contributed by atoms with Gasteiger partial charge in [-0.3, -0.25) is 4.79 Å². The van der Waals surface area contributed by atoms with Gasteiger partial charge in [-0.25, -0.2) is 4.98 Å². The Bertz CT molecular complexity index is 410. The van der Waals surface area contributed by atoms with E-state index in [1.165, 1.54) is 19.3 Å². The number of rotatable bonds is 6. The standard InChI is InChI=1S/C13H20N2O2/c1-17-7-3-6-11-9-13(16)15-12(14-11)8-10-4-2-5-10/h9-10H,2-8H2,1H3,(H,14,15,16). The summed E-state index contributed by atoms with van der Waals surface area (Å²) in [6.07, 6.45) is 6.52. The van der Waals surface area contributed by atoms with Crippen LogP contribution in [0.4, 0.5) is 0 Å². The van der Waals surface area contributed by atoms with Gasteiger partial charge in [-0.1, -0.05) is 19.3 Å². The molecule has 0 amide bonds. The number of H-pyrrole nitrogens is 1. The van der Waals surface area contributed by atoms with Gasteiger partial charge in [0.05, 0.1) is 0 Å². The smallest absolute Gasteiger partial charge is 0.251 e. The van der Waals surface area contributed by atoms with Gasteiger partial charge in [-0.05, 0) is 18.8 Å². The molecule has 4 nitrogen and oxygen atoms in total. The molecule has 17 heavy (non-hydrogen) atoms. The summed E-state index contributed by atoms with van der Waals surface area (Å²) in [6, 6.07) is 1.60. The Morgan fingerprint density at radius 1 is 1.53 bits per heavy atom. The molecule has 1 aromatic heterocycles. The van der Waals surface area contributed by atoms with Gasteiger partial charge in [0.25, 0.3) is 5.56 Å². The first-order valence-electron chi connectivity index (χ1n) is 6.36. The van der Waals surface area contributed by atoms with E-state index >= 15 is 0 Å². The molecule has 0 radical (unpaired) electrons. The second-order valence-corrected chi connectivity index (χ2v) is 4.78. The van der Waals surface area contributed by atoms with Crippen molar-refractivity contribution in [2.75, 3.05) is 13.7 Å². The van der Waals surface area contributed by atoms with Crippen molar-refractivity contribution < 1.29 is 4.74 Å². The van der Waals surface area contributed by atoms with Gasteiger partial charge in [-0.2, -0.15) is 0 Å². The summed E-state index contributed by atoms with van der Waals surface area (Å²) in [7, 11) is 1.69. The molecule has 1 aliphatic carbocycles. The molecular formula is C13H20N2O2. The molecule has 1 aromatic rings. The van der Waals surface area contributed by atoms with Crippen molar-refractivity contribution in [3.8, 4) is 0 Å². The van der Waals surface area contributed by atoms with E-state index in [1.807, 2.05) is 0 Å². The van der Waals surface area contributed by atoms with Gasteiger partial charge < -0.3 is 9.72 Å². The van der Waals surface area contributed by atoms with Crippen molar-refractivity contribution in [3.05, 3.63) is 27.9 Å². The van der Waals surface area contributed by atoms with E-state index in [4.69, 9.17) is 4.74 Å². The molecule has 94 valence electrons. The first kappa shape index (κ1) is 12.3. The quantitative estimate of drug-likeness (QED) is 0.765. The van der Waals surface area contributed by atoms with Crippen LogP contribution in [0.1, 0.15) is 37.2 Å². The molecule has 0 unspecified atom stereocenters. The average molecular weight is 236 g/mol. The highest BCUT2D eigenvalue weighted by molar-refractivity contribution is 5.04. The first-order valence-corrected chi connectivity index (χ1v) is 6.36. The average Bonchev–Trinajstić information content (AvgIpc) is 2.23. The second kappa shape index (κ2) is 5.96. The van der Waals surface area contributed by atoms with Crippen molar-refractivity contribution in [3.63, 3.8) is 0 Å². The lowest BCUT2D eigenvalue weighted by molar-refractivity contribution is 0.195. The van der Waals surface area contributed by atoms with Gasteiger partial charge >= 0.3 is 0 Å². The Morgan fingerprint density at radius 3 is 3.00 bits per heavy atom. The minimum absolute atomic E-state index is 0.0262. The van der Waals surface area contributed by atoms with E-state index in [0.29, 0.717) is 6.61 Å². The van der Waals surface area contributed by atoms with Crippen molar-refractivity contribution in [2.45, 2.75) is 38.5 Å². The van der Waals surface area contributed by atoms with E-state index < -0.39 is 0 Å². The minimum atomic E-state index is -0.0262. The summed E-state index contributed by atoms with van der Waals surface area (Å²) >= 11 is 0. The van der Waals surface area contributed by atoms with Crippen molar-refractivity contribution in [1.82, 2.24) is 9.97 Å². The molecular weight excluding hydrogens is 216 g/mol. The van der Waals surface area contributed by atoms with E-state index in [2.05, 4.69) is 9.97 Å². The fraction of sp³-hybridized carbons (Fsp3) is 0.692. The van der Waals surface area contributed by atoms with Gasteiger partial charge in [-0.15, -0.1) is 0 Å². The minimum Gasteiger partial charge on any atom is -0.385 e. The molecule has 2 rings (SSSR count). The highest BCUT2D eigenvalue weighted by atomic mass is 16.5. The Labute approximate surface area is 101 Å². The third-order valence-electron chi connectivity index (χ3n) is 3.33. The number of nitrogens with one attached hydrogen (secondary N) is 1. The van der Waals surface area contributed by atoms with Crippen LogP contribution in [0.5, 0.6) is 0 Å². The van der Waals surface area contributed by atoms with Crippen molar-refractivity contribution in [2.24, 2.45) is 5.92 Å². The summed E-state index contributed by atoms with van der Waals surface area (Å²) in [5, 5.41) is 0. The third kappa shape index (κ3) is 3.66. The Balaban J connectivity index is 1.98. The van der Waals surface area contributed by atoms with Crippen LogP contribution in [-0.2, 0) is 17.6 Å².